The van der Waals surface area contributed by atoms with Gasteiger partial charge in [0, 0.05) is 5.56 Å². The topological polar surface area (TPSA) is 63.6 Å². The lowest BCUT2D eigenvalue weighted by Gasteiger charge is -2.06. The third-order valence-corrected chi connectivity index (χ3v) is 3.09. The number of carboxylic acid groups (broad SMARTS) is 1. The summed E-state index contributed by atoms with van der Waals surface area (Å²) in [4.78, 5) is 21.2. The first kappa shape index (κ1) is 18.4. The predicted octanol–water partition coefficient (Wildman–Crippen LogP) is 4.37. The molecule has 4 heteroatoms. The molecule has 0 bridgehead atoms. The largest absolute Gasteiger partial charge is 0.493 e. The molecule has 4 nitrogen and oxygen atoms in total. The highest BCUT2D eigenvalue weighted by atomic mass is 16.5. The van der Waals surface area contributed by atoms with E-state index in [4.69, 9.17) is 9.84 Å². The number of ether oxygens (including phenoxy) is 1. The van der Waals surface area contributed by atoms with Gasteiger partial charge in [-0.25, -0.2) is 4.79 Å². The van der Waals surface area contributed by atoms with Gasteiger partial charge in [-0.2, -0.15) is 0 Å². The van der Waals surface area contributed by atoms with Crippen molar-refractivity contribution in [2.24, 2.45) is 0 Å². The van der Waals surface area contributed by atoms with Crippen molar-refractivity contribution in [2.45, 2.75) is 27.2 Å². The molecule has 0 unspecified atom stereocenters. The Morgan fingerprint density at radius 2 is 1.57 bits per heavy atom. The average Bonchev–Trinajstić information content (AvgIpc) is 2.55. The van der Waals surface area contributed by atoms with Crippen molar-refractivity contribution >= 4 is 11.8 Å². The van der Waals surface area contributed by atoms with Crippen LogP contribution >= 0.6 is 0 Å². The fraction of sp³-hybridized carbons (Fsp3) is 0.263. The van der Waals surface area contributed by atoms with Crippen molar-refractivity contribution in [2.75, 3.05) is 6.61 Å². The Bertz CT molecular complexity index is 612. The highest BCUT2D eigenvalue weighted by molar-refractivity contribution is 5.95. The van der Waals surface area contributed by atoms with Crippen molar-refractivity contribution in [3.05, 3.63) is 65.2 Å². The van der Waals surface area contributed by atoms with Gasteiger partial charge in [-0.1, -0.05) is 37.3 Å². The first-order valence-corrected chi connectivity index (χ1v) is 7.48. The Morgan fingerprint density at radius 1 is 1.00 bits per heavy atom. The third kappa shape index (κ3) is 6.34. The van der Waals surface area contributed by atoms with Gasteiger partial charge in [-0.05, 0) is 44.0 Å². The molecule has 2 aromatic carbocycles. The fourth-order valence-electron chi connectivity index (χ4n) is 1.78. The lowest BCUT2D eigenvalue weighted by Crippen LogP contribution is -1.97. The number of aryl methyl sites for hydroxylation is 1. The third-order valence-electron chi connectivity index (χ3n) is 3.09. The summed E-state index contributed by atoms with van der Waals surface area (Å²) in [6.07, 6.45) is 1.06. The summed E-state index contributed by atoms with van der Waals surface area (Å²) in [6, 6.07) is 13.9. The van der Waals surface area contributed by atoms with E-state index in [9.17, 15) is 9.59 Å². The summed E-state index contributed by atoms with van der Waals surface area (Å²) >= 11 is 0. The van der Waals surface area contributed by atoms with Crippen LogP contribution in [0.4, 0.5) is 0 Å². The molecule has 0 heterocycles. The number of Topliss-reactive ketones (excluding diaryl/α,β-unsaturated/α-hetero) is 1. The van der Waals surface area contributed by atoms with Gasteiger partial charge in [0.1, 0.15) is 5.75 Å². The maximum atomic E-state index is 10.8. The standard InChI is InChI=1S/C10H14O.C9H8O3/c1-3-8-11-10-7-5-4-6-9(10)2;1-6(10)7-2-4-8(5-3-7)9(11)12/h4-7H,3,8H2,1-2H3;2-5H,1H3,(H,11,12). The van der Waals surface area contributed by atoms with Crippen LogP contribution in [0.1, 0.15) is 46.5 Å². The van der Waals surface area contributed by atoms with Crippen LogP contribution < -0.4 is 4.74 Å². The van der Waals surface area contributed by atoms with Gasteiger partial charge in [-0.15, -0.1) is 0 Å². The molecule has 122 valence electrons. The Morgan fingerprint density at radius 3 is 2.04 bits per heavy atom. The minimum absolute atomic E-state index is 0.0630. The lowest BCUT2D eigenvalue weighted by atomic mass is 10.1. The Hall–Kier alpha value is -2.62. The normalized spacial score (nSPS) is 9.52. The SMILES string of the molecule is CC(=O)c1ccc(C(=O)O)cc1.CCCOc1ccccc1C. The number of carbonyl (C=O) groups is 2. The summed E-state index contributed by atoms with van der Waals surface area (Å²) in [5.41, 5.74) is 1.93. The molecule has 0 amide bonds. The van der Waals surface area contributed by atoms with E-state index < -0.39 is 5.97 Å². The number of carboxylic acids is 1. The Balaban J connectivity index is 0.000000231. The molecule has 0 aromatic heterocycles. The molecular weight excluding hydrogens is 292 g/mol. The van der Waals surface area contributed by atoms with Crippen LogP contribution in [0.2, 0.25) is 0 Å². The molecule has 0 spiro atoms. The molecule has 0 radical (unpaired) electrons. The highest BCUT2D eigenvalue weighted by Crippen LogP contribution is 2.15. The molecule has 23 heavy (non-hydrogen) atoms. The molecule has 2 aromatic rings. The van der Waals surface area contributed by atoms with Crippen molar-refractivity contribution in [1.82, 2.24) is 0 Å². The van der Waals surface area contributed by atoms with Crippen LogP contribution in [0, 0.1) is 6.92 Å². The van der Waals surface area contributed by atoms with E-state index in [0.29, 0.717) is 5.56 Å². The molecule has 0 saturated heterocycles. The second-order valence-corrected chi connectivity index (χ2v) is 5.05. The summed E-state index contributed by atoms with van der Waals surface area (Å²) in [5, 5.41) is 8.53. The number of hydrogen-bond donors (Lipinski definition) is 1. The number of carbonyl (C=O) groups excluding carboxylic acids is 1. The van der Waals surface area contributed by atoms with Gasteiger partial charge in [0.2, 0.25) is 0 Å². The van der Waals surface area contributed by atoms with Gasteiger partial charge < -0.3 is 9.84 Å². The van der Waals surface area contributed by atoms with Crippen molar-refractivity contribution < 1.29 is 19.4 Å². The summed E-state index contributed by atoms with van der Waals surface area (Å²) in [6.45, 7) is 6.42. The first-order chi connectivity index (χ1) is 11.0. The maximum absolute atomic E-state index is 10.8. The second-order valence-electron chi connectivity index (χ2n) is 5.05. The Labute approximate surface area is 136 Å². The van der Waals surface area contributed by atoms with Crippen LogP contribution in [-0.4, -0.2) is 23.5 Å². The van der Waals surface area contributed by atoms with E-state index in [2.05, 4.69) is 19.9 Å². The number of para-hydroxylation sites is 1. The molecule has 0 aliphatic carbocycles. The predicted molar refractivity (Wildman–Crippen MR) is 90.4 cm³/mol. The molecule has 0 aliphatic rings. The van der Waals surface area contributed by atoms with E-state index in [1.54, 1.807) is 0 Å². The number of benzene rings is 2. The zero-order valence-electron chi connectivity index (χ0n) is 13.7. The molecule has 0 atom stereocenters. The van der Waals surface area contributed by atoms with Gasteiger partial charge >= 0.3 is 5.97 Å². The molecule has 0 fully saturated rings. The molecule has 2 rings (SSSR count). The lowest BCUT2D eigenvalue weighted by molar-refractivity contribution is 0.0696. The molecular formula is C19H22O4. The van der Waals surface area contributed by atoms with E-state index in [-0.39, 0.29) is 11.3 Å². The van der Waals surface area contributed by atoms with Gasteiger partial charge in [0.05, 0.1) is 12.2 Å². The number of rotatable bonds is 5. The van der Waals surface area contributed by atoms with E-state index >= 15 is 0 Å². The molecule has 0 saturated carbocycles. The summed E-state index contributed by atoms with van der Waals surface area (Å²) in [5.74, 6) is -0.0357. The number of hydrogen-bond acceptors (Lipinski definition) is 3. The smallest absolute Gasteiger partial charge is 0.335 e. The molecule has 0 aliphatic heterocycles. The zero-order valence-corrected chi connectivity index (χ0v) is 13.7. The van der Waals surface area contributed by atoms with Gasteiger partial charge in [0.25, 0.3) is 0 Å². The van der Waals surface area contributed by atoms with Crippen LogP contribution in [0.5, 0.6) is 5.75 Å². The molecule has 1 N–H and O–H groups in total. The van der Waals surface area contributed by atoms with E-state index in [1.807, 2.05) is 18.2 Å². The number of ketones is 1. The second kappa shape index (κ2) is 9.41. The Kier molecular flexibility index (Phi) is 7.54. The quantitative estimate of drug-likeness (QED) is 0.832. The van der Waals surface area contributed by atoms with Crippen molar-refractivity contribution in [3.8, 4) is 5.75 Å². The zero-order chi connectivity index (χ0) is 17.2. The summed E-state index contributed by atoms with van der Waals surface area (Å²) in [7, 11) is 0. The average molecular weight is 314 g/mol. The summed E-state index contributed by atoms with van der Waals surface area (Å²) < 4.78 is 5.49. The van der Waals surface area contributed by atoms with E-state index in [0.717, 1.165) is 18.8 Å². The van der Waals surface area contributed by atoms with Crippen LogP contribution in [-0.2, 0) is 0 Å². The highest BCUT2D eigenvalue weighted by Gasteiger charge is 2.03. The van der Waals surface area contributed by atoms with Crippen molar-refractivity contribution in [1.29, 1.82) is 0 Å². The van der Waals surface area contributed by atoms with Crippen LogP contribution in [0.15, 0.2) is 48.5 Å². The van der Waals surface area contributed by atoms with Gasteiger partial charge in [0.15, 0.2) is 5.78 Å². The fourth-order valence-corrected chi connectivity index (χ4v) is 1.78. The van der Waals surface area contributed by atoms with Gasteiger partial charge in [-0.3, -0.25) is 4.79 Å². The van der Waals surface area contributed by atoms with Crippen LogP contribution in [0.3, 0.4) is 0 Å². The number of aromatic carboxylic acids is 1. The maximum Gasteiger partial charge on any atom is 0.335 e. The minimum Gasteiger partial charge on any atom is -0.493 e. The monoisotopic (exact) mass is 314 g/mol. The van der Waals surface area contributed by atoms with Crippen LogP contribution in [0.25, 0.3) is 0 Å². The first-order valence-electron chi connectivity index (χ1n) is 7.48. The van der Waals surface area contributed by atoms with Crippen molar-refractivity contribution in [3.63, 3.8) is 0 Å². The van der Waals surface area contributed by atoms with E-state index in [1.165, 1.54) is 36.8 Å². The minimum atomic E-state index is -0.981.